The first kappa shape index (κ1) is 29.9. The van der Waals surface area contributed by atoms with Gasteiger partial charge >= 0.3 is 0 Å². The number of carbonyl (C=O) groups excluding carboxylic acids is 2. The number of Topliss-reactive ketones (excluding diaryl/α,β-unsaturated/α-hetero) is 1. The molecule has 2 aromatic heterocycles. The van der Waals surface area contributed by atoms with Crippen molar-refractivity contribution in [2.24, 2.45) is 7.05 Å². The number of hydrogen-bond acceptors (Lipinski definition) is 9. The van der Waals surface area contributed by atoms with E-state index in [9.17, 15) is 14.7 Å². The second kappa shape index (κ2) is 13.6. The lowest BCUT2D eigenvalue weighted by Crippen LogP contribution is -2.41. The zero-order valence-electron chi connectivity index (χ0n) is 24.1. The Bertz CT molecular complexity index is 1410. The summed E-state index contributed by atoms with van der Waals surface area (Å²) >= 11 is 6.70. The minimum absolute atomic E-state index is 0.0946. The number of rotatable bonds is 11. The van der Waals surface area contributed by atoms with Gasteiger partial charge in [0.15, 0.2) is 5.78 Å². The SMILES string of the molecule is CC(=O)N1CCC(Nc2cc(C(=O)CC[C@H](O)CN3CCc4c(ccc(OCc5ccnn5C)c4Cl)C3)ncn2)CC1. The highest BCUT2D eigenvalue weighted by Gasteiger charge is 2.24. The van der Waals surface area contributed by atoms with Crippen molar-refractivity contribution in [2.45, 2.75) is 64.3 Å². The maximum Gasteiger partial charge on any atom is 0.219 e. The van der Waals surface area contributed by atoms with Crippen LogP contribution in [0.5, 0.6) is 5.75 Å². The molecule has 5 rings (SSSR count). The molecule has 1 amide bonds. The molecule has 2 aliphatic rings. The maximum absolute atomic E-state index is 12.9. The summed E-state index contributed by atoms with van der Waals surface area (Å²) < 4.78 is 7.74. The van der Waals surface area contributed by atoms with E-state index in [-0.39, 0.29) is 24.2 Å². The molecule has 0 saturated carbocycles. The van der Waals surface area contributed by atoms with Crippen LogP contribution in [0.15, 0.2) is 36.8 Å². The van der Waals surface area contributed by atoms with Gasteiger partial charge in [-0.3, -0.25) is 19.2 Å². The van der Waals surface area contributed by atoms with Gasteiger partial charge in [0.2, 0.25) is 5.91 Å². The predicted octanol–water partition coefficient (Wildman–Crippen LogP) is 3.25. The molecule has 0 bridgehead atoms. The Hall–Kier alpha value is -3.54. The number of aryl methyl sites for hydroxylation is 1. The molecule has 0 radical (unpaired) electrons. The number of carbonyl (C=O) groups is 2. The first-order valence-corrected chi connectivity index (χ1v) is 14.8. The molecule has 2 aliphatic heterocycles. The van der Waals surface area contributed by atoms with Gasteiger partial charge in [0.05, 0.1) is 16.8 Å². The topological polar surface area (TPSA) is 126 Å². The number of nitrogens with zero attached hydrogens (tertiary/aromatic N) is 6. The van der Waals surface area contributed by atoms with Crippen molar-refractivity contribution in [1.82, 2.24) is 29.5 Å². The van der Waals surface area contributed by atoms with Gasteiger partial charge in [0.25, 0.3) is 0 Å². The number of fused-ring (bicyclic) bond motifs is 1. The quantitative estimate of drug-likeness (QED) is 0.321. The smallest absolute Gasteiger partial charge is 0.219 e. The number of aliphatic hydroxyl groups excluding tert-OH is 1. The first-order chi connectivity index (χ1) is 20.3. The monoisotopic (exact) mass is 595 g/mol. The largest absolute Gasteiger partial charge is 0.486 e. The summed E-state index contributed by atoms with van der Waals surface area (Å²) in [5.74, 6) is 1.23. The highest BCUT2D eigenvalue weighted by Crippen LogP contribution is 2.34. The molecule has 0 spiro atoms. The lowest BCUT2D eigenvalue weighted by molar-refractivity contribution is -0.129. The number of ether oxygens (including phenoxy) is 1. The van der Waals surface area contributed by atoms with Gasteiger partial charge in [0, 0.05) is 71.4 Å². The summed E-state index contributed by atoms with van der Waals surface area (Å²) in [6.45, 7) is 5.30. The zero-order valence-corrected chi connectivity index (χ0v) is 24.9. The van der Waals surface area contributed by atoms with Crippen LogP contribution in [0.1, 0.15) is 59.9 Å². The van der Waals surface area contributed by atoms with Gasteiger partial charge < -0.3 is 20.1 Å². The molecule has 0 unspecified atom stereocenters. The number of aliphatic hydroxyl groups is 1. The van der Waals surface area contributed by atoms with Crippen molar-refractivity contribution in [1.29, 1.82) is 0 Å². The van der Waals surface area contributed by atoms with Crippen LogP contribution in [0, 0.1) is 0 Å². The second-order valence-corrected chi connectivity index (χ2v) is 11.4. The number of nitrogens with one attached hydrogen (secondary N) is 1. The van der Waals surface area contributed by atoms with E-state index in [2.05, 4.69) is 25.3 Å². The summed E-state index contributed by atoms with van der Waals surface area (Å²) in [4.78, 5) is 36.9. The van der Waals surface area contributed by atoms with Crippen molar-refractivity contribution in [3.8, 4) is 5.75 Å². The molecule has 3 aromatic rings. The number of β-amino-alcohol motifs (C(OH)–C–C–N with tert-alkyl or cyclic N) is 1. The lowest BCUT2D eigenvalue weighted by atomic mass is 9.98. The summed E-state index contributed by atoms with van der Waals surface area (Å²) in [5, 5.41) is 18.9. The van der Waals surface area contributed by atoms with Crippen LogP contribution >= 0.6 is 11.6 Å². The molecule has 11 nitrogen and oxygen atoms in total. The number of piperidine rings is 1. The third-order valence-electron chi connectivity index (χ3n) is 8.09. The molecule has 42 heavy (non-hydrogen) atoms. The number of aromatic nitrogens is 4. The van der Waals surface area contributed by atoms with Crippen molar-refractivity contribution in [3.63, 3.8) is 0 Å². The standard InChI is InChI=1S/C30H38ClN7O4/c1-20(39)38-13-8-22(9-14-38)35-29-15-26(32-19-33-29)27(41)5-4-24(40)17-37-12-10-25-21(16-37)3-6-28(30(25)31)42-18-23-7-11-34-36(23)2/h3,6-7,11,15,19,22,24,40H,4-5,8-10,12-14,16-18H2,1-2H3,(H,32,33,35)/t24-/m0/s1. The number of halogens is 1. The van der Waals surface area contributed by atoms with Crippen molar-refractivity contribution in [2.75, 3.05) is 31.5 Å². The van der Waals surface area contributed by atoms with E-state index >= 15 is 0 Å². The number of ketones is 1. The summed E-state index contributed by atoms with van der Waals surface area (Å²) in [6, 6.07) is 7.71. The summed E-state index contributed by atoms with van der Waals surface area (Å²) in [7, 11) is 1.88. The molecule has 224 valence electrons. The number of hydrogen-bond donors (Lipinski definition) is 2. The van der Waals surface area contributed by atoms with Gasteiger partial charge in [-0.1, -0.05) is 17.7 Å². The molecule has 1 saturated heterocycles. The highest BCUT2D eigenvalue weighted by molar-refractivity contribution is 6.33. The fourth-order valence-corrected chi connectivity index (χ4v) is 5.90. The highest BCUT2D eigenvalue weighted by atomic mass is 35.5. The van der Waals surface area contributed by atoms with Crippen molar-refractivity contribution >= 4 is 29.1 Å². The van der Waals surface area contributed by atoms with Gasteiger partial charge in [0.1, 0.15) is 30.2 Å². The van der Waals surface area contributed by atoms with Crippen molar-refractivity contribution in [3.05, 3.63) is 64.3 Å². The third-order valence-corrected chi connectivity index (χ3v) is 8.51. The minimum Gasteiger partial charge on any atom is -0.486 e. The molecule has 1 fully saturated rings. The average Bonchev–Trinajstić information content (AvgIpc) is 3.40. The zero-order chi connectivity index (χ0) is 29.6. The Kier molecular flexibility index (Phi) is 9.71. The molecule has 1 aromatic carbocycles. The Balaban J connectivity index is 1.08. The Morgan fingerprint density at radius 3 is 2.74 bits per heavy atom. The minimum atomic E-state index is -0.640. The van der Waals surface area contributed by atoms with E-state index in [0.717, 1.165) is 42.6 Å². The van der Waals surface area contributed by atoms with Crippen LogP contribution in [0.3, 0.4) is 0 Å². The second-order valence-electron chi connectivity index (χ2n) is 11.1. The van der Waals surface area contributed by atoms with E-state index in [0.29, 0.717) is 61.5 Å². The average molecular weight is 596 g/mol. The number of amides is 1. The van der Waals surface area contributed by atoms with Crippen molar-refractivity contribution < 1.29 is 19.4 Å². The van der Waals surface area contributed by atoms with Crippen LogP contribution in [0.2, 0.25) is 5.02 Å². The van der Waals surface area contributed by atoms with E-state index in [1.54, 1.807) is 23.9 Å². The van der Waals surface area contributed by atoms with Gasteiger partial charge in [-0.25, -0.2) is 9.97 Å². The maximum atomic E-state index is 12.9. The lowest BCUT2D eigenvalue weighted by Gasteiger charge is -2.32. The Morgan fingerprint density at radius 1 is 1.19 bits per heavy atom. The normalized spacial score (nSPS) is 16.6. The van der Waals surface area contributed by atoms with Crippen LogP contribution in [-0.4, -0.2) is 84.7 Å². The van der Waals surface area contributed by atoms with E-state index in [1.165, 1.54) is 6.33 Å². The Morgan fingerprint density at radius 2 is 2.00 bits per heavy atom. The molecular formula is C30H38ClN7O4. The first-order valence-electron chi connectivity index (χ1n) is 14.4. The van der Waals surface area contributed by atoms with Gasteiger partial charge in [-0.15, -0.1) is 0 Å². The van der Waals surface area contributed by atoms with Gasteiger partial charge in [-0.05, 0) is 48.9 Å². The van der Waals surface area contributed by atoms with E-state index < -0.39 is 6.10 Å². The number of anilines is 1. The van der Waals surface area contributed by atoms with Crippen LogP contribution < -0.4 is 10.1 Å². The molecule has 4 heterocycles. The molecule has 2 N–H and O–H groups in total. The third kappa shape index (κ3) is 7.45. The van der Waals surface area contributed by atoms with Gasteiger partial charge in [-0.2, -0.15) is 5.10 Å². The fraction of sp³-hybridized carbons (Fsp3) is 0.500. The van der Waals surface area contributed by atoms with E-state index in [4.69, 9.17) is 16.3 Å². The van der Waals surface area contributed by atoms with Crippen LogP contribution in [-0.2, 0) is 31.4 Å². The molecular weight excluding hydrogens is 558 g/mol. The Labute approximate surface area is 250 Å². The van der Waals surface area contributed by atoms with E-state index in [1.807, 2.05) is 30.1 Å². The van der Waals surface area contributed by atoms with Crippen LogP contribution in [0.25, 0.3) is 0 Å². The number of likely N-dealkylation sites (tertiary alicyclic amines) is 1. The summed E-state index contributed by atoms with van der Waals surface area (Å²) in [6.07, 6.45) is 5.44. The molecule has 0 aliphatic carbocycles. The molecule has 12 heteroatoms. The van der Waals surface area contributed by atoms with Crippen LogP contribution in [0.4, 0.5) is 5.82 Å². The number of benzene rings is 1. The summed E-state index contributed by atoms with van der Waals surface area (Å²) in [5.41, 5.74) is 3.50. The fourth-order valence-electron chi connectivity index (χ4n) is 5.56. The predicted molar refractivity (Wildman–Crippen MR) is 158 cm³/mol. The molecule has 1 atom stereocenters.